The highest BCUT2D eigenvalue weighted by Gasteiger charge is 2.53. The van der Waals surface area contributed by atoms with Crippen molar-refractivity contribution in [3.8, 4) is 0 Å². The molecule has 1 aromatic carbocycles. The van der Waals surface area contributed by atoms with E-state index in [0.29, 0.717) is 5.57 Å². The number of rotatable bonds is 16. The molecule has 0 aliphatic rings. The van der Waals surface area contributed by atoms with Gasteiger partial charge in [0.15, 0.2) is 5.40 Å². The Morgan fingerprint density at radius 2 is 1.27 bits per heavy atom. The summed E-state index contributed by atoms with van der Waals surface area (Å²) in [5, 5.41) is -1.16. The molecule has 0 aromatic heterocycles. The molecule has 1 rings (SSSR count). The molecular weight excluding hydrogens is 422 g/mol. The number of hydrogen-bond acceptors (Lipinski definition) is 6. The first kappa shape index (κ1) is 27.3. The second-order valence-corrected chi connectivity index (χ2v) is 11.3. The van der Waals surface area contributed by atoms with Crippen molar-refractivity contribution >= 4 is 20.8 Å². The topological polar surface area (TPSA) is 71.1 Å². The molecule has 0 amide bonds. The molecule has 0 heterocycles. The van der Waals surface area contributed by atoms with E-state index in [2.05, 4.69) is 6.92 Å². The van der Waals surface area contributed by atoms with E-state index < -0.39 is 20.6 Å². The number of allylic oxidation sites excluding steroid dienone is 2. The first-order valence-corrected chi connectivity index (χ1v) is 14.2. The molecule has 0 N–H and O–H groups in total. The molecule has 0 aliphatic heterocycles. The van der Waals surface area contributed by atoms with Gasteiger partial charge in [0.1, 0.15) is 0 Å². The van der Waals surface area contributed by atoms with E-state index in [1.807, 2.05) is 36.4 Å². The highest BCUT2D eigenvalue weighted by atomic mass is 31.2. The molecule has 172 valence electrons. The first-order chi connectivity index (χ1) is 14.4. The van der Waals surface area contributed by atoms with E-state index in [9.17, 15) is 9.13 Å². The van der Waals surface area contributed by atoms with Gasteiger partial charge in [0.25, 0.3) is 0 Å². The lowest BCUT2D eigenvalue weighted by molar-refractivity contribution is 0.200. The summed E-state index contributed by atoms with van der Waals surface area (Å²) in [4.78, 5) is 0. The van der Waals surface area contributed by atoms with E-state index in [1.54, 1.807) is 27.7 Å². The quantitative estimate of drug-likeness (QED) is 0.188. The van der Waals surface area contributed by atoms with Crippen LogP contribution in [0.5, 0.6) is 0 Å². The predicted molar refractivity (Wildman–Crippen MR) is 124 cm³/mol. The van der Waals surface area contributed by atoms with Gasteiger partial charge in [-0.05, 0) is 51.7 Å². The van der Waals surface area contributed by atoms with Crippen LogP contribution in [0.15, 0.2) is 36.4 Å². The zero-order chi connectivity index (χ0) is 22.5. The Balaban J connectivity index is 3.69. The van der Waals surface area contributed by atoms with Crippen molar-refractivity contribution in [2.24, 2.45) is 0 Å². The predicted octanol–water partition coefficient (Wildman–Crippen LogP) is 7.51. The molecule has 0 fully saturated rings. The average molecular weight is 460 g/mol. The maximum Gasteiger partial charge on any atom is 0.350 e. The zero-order valence-corrected chi connectivity index (χ0v) is 20.8. The third kappa shape index (κ3) is 7.75. The van der Waals surface area contributed by atoms with Gasteiger partial charge in [-0.1, -0.05) is 56.2 Å². The average Bonchev–Trinajstić information content (AvgIpc) is 2.71. The van der Waals surface area contributed by atoms with Gasteiger partial charge in [-0.25, -0.2) is 0 Å². The summed E-state index contributed by atoms with van der Waals surface area (Å²) in [5.74, 6) is 0. The Hall–Kier alpha value is -0.740. The van der Waals surface area contributed by atoms with Crippen molar-refractivity contribution in [3.63, 3.8) is 0 Å². The standard InChI is InChI=1S/C22H38O6P2/c1-6-11-12-16-19-21(20-17-14-13-15-18-20)22(29(23,25-7-2)26-8-3)30(24,27-9-4)28-10-5/h13-15,17-19,22H,6-12,16H2,1-5H3/b21-19+. The molecule has 0 saturated heterocycles. The molecule has 0 saturated carbocycles. The van der Waals surface area contributed by atoms with E-state index >= 15 is 0 Å². The first-order valence-electron chi connectivity index (χ1n) is 10.9. The maximum absolute atomic E-state index is 14.0. The molecular formula is C22H38O6P2. The largest absolute Gasteiger partial charge is 0.350 e. The lowest BCUT2D eigenvalue weighted by atomic mass is 10.0. The van der Waals surface area contributed by atoms with E-state index in [-0.39, 0.29) is 26.4 Å². The smallest absolute Gasteiger partial charge is 0.308 e. The van der Waals surface area contributed by atoms with E-state index in [4.69, 9.17) is 18.1 Å². The molecule has 0 aliphatic carbocycles. The Bertz CT molecular complexity index is 670. The highest BCUT2D eigenvalue weighted by Crippen LogP contribution is 2.73. The Labute approximate surface area is 182 Å². The van der Waals surface area contributed by atoms with Crippen molar-refractivity contribution in [2.75, 3.05) is 26.4 Å². The third-order valence-corrected chi connectivity index (χ3v) is 10.3. The normalized spacial score (nSPS) is 13.2. The van der Waals surface area contributed by atoms with Gasteiger partial charge in [0.2, 0.25) is 0 Å². The fourth-order valence-corrected chi connectivity index (χ4v) is 8.77. The molecule has 1 aromatic rings. The third-order valence-electron chi connectivity index (χ3n) is 4.39. The van der Waals surface area contributed by atoms with E-state index in [1.165, 1.54) is 0 Å². The molecule has 6 nitrogen and oxygen atoms in total. The fraction of sp³-hybridized carbons (Fsp3) is 0.636. The van der Waals surface area contributed by atoms with Gasteiger partial charge in [0, 0.05) is 0 Å². The van der Waals surface area contributed by atoms with Gasteiger partial charge in [-0.15, -0.1) is 0 Å². The summed E-state index contributed by atoms with van der Waals surface area (Å²) in [6.45, 7) is 9.72. The Kier molecular flexibility index (Phi) is 13.1. The van der Waals surface area contributed by atoms with Crippen LogP contribution in [-0.2, 0) is 27.2 Å². The fourth-order valence-electron chi connectivity index (χ4n) is 3.25. The molecule has 0 bridgehead atoms. The van der Waals surface area contributed by atoms with Crippen LogP contribution in [-0.4, -0.2) is 31.8 Å². The summed E-state index contributed by atoms with van der Waals surface area (Å²) in [6.07, 6.45) is 5.88. The van der Waals surface area contributed by atoms with Crippen LogP contribution >= 0.6 is 15.2 Å². The number of benzene rings is 1. The lowest BCUT2D eigenvalue weighted by Gasteiger charge is -2.33. The van der Waals surface area contributed by atoms with Crippen LogP contribution in [0.3, 0.4) is 0 Å². The summed E-state index contributed by atoms with van der Waals surface area (Å²) in [5.41, 5.74) is 1.43. The second-order valence-electron chi connectivity index (χ2n) is 6.65. The number of unbranched alkanes of at least 4 members (excludes halogenated alkanes) is 3. The molecule has 8 heteroatoms. The minimum Gasteiger partial charge on any atom is -0.308 e. The second kappa shape index (κ2) is 14.3. The molecule has 0 atom stereocenters. The Morgan fingerprint density at radius 1 is 0.800 bits per heavy atom. The van der Waals surface area contributed by atoms with Crippen molar-refractivity contribution in [2.45, 2.75) is 65.7 Å². The van der Waals surface area contributed by atoms with Crippen LogP contribution in [0.2, 0.25) is 0 Å². The number of hydrogen-bond donors (Lipinski definition) is 0. The summed E-state index contributed by atoms with van der Waals surface area (Å²) >= 11 is 0. The van der Waals surface area contributed by atoms with Gasteiger partial charge in [-0.2, -0.15) is 0 Å². The monoisotopic (exact) mass is 460 g/mol. The Morgan fingerprint density at radius 3 is 1.67 bits per heavy atom. The SMILES string of the molecule is CCCCC/C=C(\c1ccccc1)C(P(=O)(OCC)OCC)P(=O)(OCC)OCC. The maximum atomic E-state index is 14.0. The summed E-state index contributed by atoms with van der Waals surface area (Å²) in [7, 11) is -7.74. The van der Waals surface area contributed by atoms with Crippen LogP contribution in [0.4, 0.5) is 0 Å². The van der Waals surface area contributed by atoms with Crippen LogP contribution in [0.25, 0.3) is 5.57 Å². The van der Waals surface area contributed by atoms with Gasteiger partial charge >= 0.3 is 15.2 Å². The highest BCUT2D eigenvalue weighted by molar-refractivity contribution is 7.73. The summed E-state index contributed by atoms with van der Waals surface area (Å²) < 4.78 is 50.6. The van der Waals surface area contributed by atoms with Crippen molar-refractivity contribution in [1.29, 1.82) is 0 Å². The summed E-state index contributed by atoms with van der Waals surface area (Å²) in [6, 6.07) is 9.50. The van der Waals surface area contributed by atoms with Crippen LogP contribution in [0.1, 0.15) is 65.9 Å². The minimum atomic E-state index is -3.87. The van der Waals surface area contributed by atoms with Gasteiger partial charge < -0.3 is 18.1 Å². The molecule has 30 heavy (non-hydrogen) atoms. The van der Waals surface area contributed by atoms with Crippen LogP contribution < -0.4 is 0 Å². The minimum absolute atomic E-state index is 0.157. The van der Waals surface area contributed by atoms with Crippen molar-refractivity contribution in [3.05, 3.63) is 42.0 Å². The van der Waals surface area contributed by atoms with Gasteiger partial charge in [0.05, 0.1) is 26.4 Å². The molecule has 0 radical (unpaired) electrons. The molecule has 0 unspecified atom stereocenters. The van der Waals surface area contributed by atoms with Gasteiger partial charge in [-0.3, -0.25) is 9.13 Å². The van der Waals surface area contributed by atoms with Crippen LogP contribution in [0, 0.1) is 0 Å². The van der Waals surface area contributed by atoms with Crippen molar-refractivity contribution in [1.82, 2.24) is 0 Å². The molecule has 0 spiro atoms. The lowest BCUT2D eigenvalue weighted by Crippen LogP contribution is -2.19. The van der Waals surface area contributed by atoms with E-state index in [0.717, 1.165) is 31.2 Å². The van der Waals surface area contributed by atoms with Crippen molar-refractivity contribution < 1.29 is 27.2 Å². The zero-order valence-electron chi connectivity index (χ0n) is 19.0.